The molecule has 2 N–H and O–H groups in total. The van der Waals surface area contributed by atoms with E-state index in [1.54, 1.807) is 12.1 Å². The third kappa shape index (κ3) is 5.99. The number of nitrogens with one attached hydrogen (secondary N) is 2. The summed E-state index contributed by atoms with van der Waals surface area (Å²) in [4.78, 5) is 25.9. The minimum atomic E-state index is -0.410. The van der Waals surface area contributed by atoms with E-state index in [0.29, 0.717) is 56.2 Å². The van der Waals surface area contributed by atoms with Gasteiger partial charge in [0.25, 0.3) is 5.91 Å². The van der Waals surface area contributed by atoms with Crippen molar-refractivity contribution in [3.63, 3.8) is 0 Å². The molecule has 1 aliphatic heterocycles. The smallest absolute Gasteiger partial charge is 0.251 e. The lowest BCUT2D eigenvalue weighted by Crippen LogP contribution is -2.36. The van der Waals surface area contributed by atoms with E-state index >= 15 is 0 Å². The summed E-state index contributed by atoms with van der Waals surface area (Å²) in [5.41, 5.74) is 1.24. The Balaban J connectivity index is 1.41. The average molecular weight is 403 g/mol. The molecule has 3 rings (SSSR count). The van der Waals surface area contributed by atoms with Crippen LogP contribution < -0.4 is 15.5 Å². The SMILES string of the molecule is O=C(CCCNC(=O)c1ccc(F)cc1)Nc1ccc(N2CCOCC2)c(F)c1. The van der Waals surface area contributed by atoms with Crippen LogP contribution in [0.4, 0.5) is 20.2 Å². The third-order valence-corrected chi connectivity index (χ3v) is 4.56. The van der Waals surface area contributed by atoms with Gasteiger partial charge in [0.2, 0.25) is 5.91 Å². The first kappa shape index (κ1) is 20.7. The van der Waals surface area contributed by atoms with Crippen LogP contribution in [0.15, 0.2) is 42.5 Å². The topological polar surface area (TPSA) is 70.7 Å². The van der Waals surface area contributed by atoms with Crippen molar-refractivity contribution in [2.75, 3.05) is 43.1 Å². The van der Waals surface area contributed by atoms with Crippen LogP contribution in [0.25, 0.3) is 0 Å². The molecule has 0 unspecified atom stereocenters. The maximum Gasteiger partial charge on any atom is 0.251 e. The Labute approximate surface area is 167 Å². The molecule has 0 radical (unpaired) electrons. The number of carbonyl (C=O) groups excluding carboxylic acids is 2. The van der Waals surface area contributed by atoms with Gasteiger partial charge in [-0.3, -0.25) is 9.59 Å². The van der Waals surface area contributed by atoms with Crippen molar-refractivity contribution >= 4 is 23.2 Å². The molecule has 2 aromatic carbocycles. The number of rotatable bonds is 7. The standard InChI is InChI=1S/C21H23F2N3O3/c22-16-5-3-15(4-6-16)21(28)24-9-1-2-20(27)25-17-7-8-19(18(23)14-17)26-10-12-29-13-11-26/h3-8,14H,1-2,9-13H2,(H,24,28)(H,25,27). The van der Waals surface area contributed by atoms with Crippen LogP contribution in [0.1, 0.15) is 23.2 Å². The highest BCUT2D eigenvalue weighted by Crippen LogP contribution is 2.23. The van der Waals surface area contributed by atoms with Crippen LogP contribution in [0.5, 0.6) is 0 Å². The summed E-state index contributed by atoms with van der Waals surface area (Å²) in [5, 5.41) is 5.34. The summed E-state index contributed by atoms with van der Waals surface area (Å²) in [6, 6.07) is 9.84. The van der Waals surface area contributed by atoms with Gasteiger partial charge in [-0.05, 0) is 48.9 Å². The van der Waals surface area contributed by atoms with Gasteiger partial charge >= 0.3 is 0 Å². The maximum absolute atomic E-state index is 14.4. The molecule has 6 nitrogen and oxygen atoms in total. The first-order valence-electron chi connectivity index (χ1n) is 9.49. The first-order valence-corrected chi connectivity index (χ1v) is 9.49. The molecule has 2 amide bonds. The van der Waals surface area contributed by atoms with Gasteiger partial charge in [0.05, 0.1) is 18.9 Å². The average Bonchev–Trinajstić information content (AvgIpc) is 2.72. The highest BCUT2D eigenvalue weighted by Gasteiger charge is 2.15. The van der Waals surface area contributed by atoms with Crippen LogP contribution in [0, 0.1) is 11.6 Å². The van der Waals surface area contributed by atoms with E-state index in [1.165, 1.54) is 30.3 Å². The molecular weight excluding hydrogens is 380 g/mol. The Morgan fingerprint density at radius 3 is 2.45 bits per heavy atom. The van der Waals surface area contributed by atoms with Crippen molar-refractivity contribution in [2.24, 2.45) is 0 Å². The van der Waals surface area contributed by atoms with E-state index < -0.39 is 11.6 Å². The van der Waals surface area contributed by atoms with Gasteiger partial charge in [-0.2, -0.15) is 0 Å². The van der Waals surface area contributed by atoms with Crippen molar-refractivity contribution in [3.8, 4) is 0 Å². The lowest BCUT2D eigenvalue weighted by atomic mass is 10.2. The Kier molecular flexibility index (Phi) is 7.13. The van der Waals surface area contributed by atoms with E-state index in [1.807, 2.05) is 4.90 Å². The number of ether oxygens (including phenoxy) is 1. The molecule has 1 saturated heterocycles. The van der Waals surface area contributed by atoms with Gasteiger partial charge in [0.1, 0.15) is 11.6 Å². The predicted molar refractivity (Wildman–Crippen MR) is 106 cm³/mol. The number of hydrogen-bond donors (Lipinski definition) is 2. The normalized spacial score (nSPS) is 13.8. The lowest BCUT2D eigenvalue weighted by Gasteiger charge is -2.29. The van der Waals surface area contributed by atoms with Crippen LogP contribution in [0.3, 0.4) is 0 Å². The number of halogens is 2. The number of benzene rings is 2. The molecule has 0 saturated carbocycles. The molecule has 2 aromatic rings. The Hall–Kier alpha value is -3.00. The highest BCUT2D eigenvalue weighted by molar-refractivity contribution is 5.94. The van der Waals surface area contributed by atoms with E-state index in [0.717, 1.165) is 0 Å². The van der Waals surface area contributed by atoms with Crippen LogP contribution >= 0.6 is 0 Å². The number of hydrogen-bond acceptors (Lipinski definition) is 4. The molecule has 8 heteroatoms. The zero-order valence-electron chi connectivity index (χ0n) is 15.9. The van der Waals surface area contributed by atoms with E-state index in [4.69, 9.17) is 4.74 Å². The Morgan fingerprint density at radius 2 is 1.76 bits per heavy atom. The second-order valence-electron chi connectivity index (χ2n) is 6.68. The Morgan fingerprint density at radius 1 is 1.03 bits per heavy atom. The number of amides is 2. The van der Waals surface area contributed by atoms with Crippen LogP contribution in [0.2, 0.25) is 0 Å². The lowest BCUT2D eigenvalue weighted by molar-refractivity contribution is -0.116. The minimum Gasteiger partial charge on any atom is -0.378 e. The quantitative estimate of drug-likeness (QED) is 0.698. The largest absolute Gasteiger partial charge is 0.378 e. The summed E-state index contributed by atoms with van der Waals surface area (Å²) >= 11 is 0. The van der Waals surface area contributed by atoms with Gasteiger partial charge in [-0.1, -0.05) is 0 Å². The summed E-state index contributed by atoms with van der Waals surface area (Å²) in [7, 11) is 0. The fraction of sp³-hybridized carbons (Fsp3) is 0.333. The molecule has 0 aromatic heterocycles. The highest BCUT2D eigenvalue weighted by atomic mass is 19.1. The van der Waals surface area contributed by atoms with Gasteiger partial charge in [0.15, 0.2) is 0 Å². The molecule has 1 fully saturated rings. The number of nitrogens with zero attached hydrogens (tertiary/aromatic N) is 1. The molecule has 1 aliphatic rings. The summed E-state index contributed by atoms with van der Waals surface area (Å²) in [6.45, 7) is 2.69. The third-order valence-electron chi connectivity index (χ3n) is 4.56. The second-order valence-corrected chi connectivity index (χ2v) is 6.68. The first-order chi connectivity index (χ1) is 14.0. The number of carbonyl (C=O) groups is 2. The number of morpholine rings is 1. The summed E-state index contributed by atoms with van der Waals surface area (Å²) in [5.74, 6) is -1.39. The molecule has 0 aliphatic carbocycles. The van der Waals surface area contributed by atoms with Crippen molar-refractivity contribution in [1.29, 1.82) is 0 Å². The zero-order chi connectivity index (χ0) is 20.6. The van der Waals surface area contributed by atoms with E-state index in [2.05, 4.69) is 10.6 Å². The minimum absolute atomic E-state index is 0.177. The van der Waals surface area contributed by atoms with Crippen LogP contribution in [-0.4, -0.2) is 44.7 Å². The van der Waals surface area contributed by atoms with Crippen molar-refractivity contribution in [2.45, 2.75) is 12.8 Å². The van der Waals surface area contributed by atoms with Crippen LogP contribution in [-0.2, 0) is 9.53 Å². The molecular formula is C21H23F2N3O3. The fourth-order valence-electron chi connectivity index (χ4n) is 3.02. The Bertz CT molecular complexity index is 853. The monoisotopic (exact) mass is 403 g/mol. The van der Waals surface area contributed by atoms with Crippen molar-refractivity contribution < 1.29 is 23.1 Å². The summed E-state index contributed by atoms with van der Waals surface area (Å²) < 4.78 is 32.5. The van der Waals surface area contributed by atoms with Gasteiger partial charge in [0, 0.05) is 37.3 Å². The second kappa shape index (κ2) is 9.97. The van der Waals surface area contributed by atoms with E-state index in [-0.39, 0.29) is 18.2 Å². The number of anilines is 2. The van der Waals surface area contributed by atoms with Gasteiger partial charge in [-0.15, -0.1) is 0 Å². The van der Waals surface area contributed by atoms with Crippen molar-refractivity contribution in [3.05, 3.63) is 59.7 Å². The summed E-state index contributed by atoms with van der Waals surface area (Å²) in [6.07, 6.45) is 0.601. The van der Waals surface area contributed by atoms with Gasteiger partial charge < -0.3 is 20.3 Å². The van der Waals surface area contributed by atoms with E-state index in [9.17, 15) is 18.4 Å². The molecule has 1 heterocycles. The maximum atomic E-state index is 14.4. The molecule has 154 valence electrons. The molecule has 29 heavy (non-hydrogen) atoms. The zero-order valence-corrected chi connectivity index (χ0v) is 15.9. The van der Waals surface area contributed by atoms with Crippen molar-refractivity contribution in [1.82, 2.24) is 5.32 Å². The fourth-order valence-corrected chi connectivity index (χ4v) is 3.02. The molecule has 0 spiro atoms. The molecule has 0 atom stereocenters. The predicted octanol–water partition coefficient (Wildman–Crippen LogP) is 2.95. The molecule has 0 bridgehead atoms. The van der Waals surface area contributed by atoms with Gasteiger partial charge in [-0.25, -0.2) is 8.78 Å².